The molecule has 0 atom stereocenters. The molecule has 0 saturated heterocycles. The zero-order valence-corrected chi connectivity index (χ0v) is 13.6. The van der Waals surface area contributed by atoms with E-state index in [1.165, 1.54) is 19.3 Å². The Morgan fingerprint density at radius 1 is 1.13 bits per heavy atom. The summed E-state index contributed by atoms with van der Waals surface area (Å²) in [5.41, 5.74) is 0.501. The predicted molar refractivity (Wildman–Crippen MR) is 90.1 cm³/mol. The minimum absolute atomic E-state index is 0.156. The highest BCUT2D eigenvalue weighted by atomic mass is 16.5. The third-order valence-electron chi connectivity index (χ3n) is 3.30. The monoisotopic (exact) mass is 316 g/mol. The van der Waals surface area contributed by atoms with Gasteiger partial charge in [-0.1, -0.05) is 37.8 Å². The van der Waals surface area contributed by atoms with Gasteiger partial charge in [0.05, 0.1) is 0 Å². The molecule has 0 radical (unpaired) electrons. The summed E-state index contributed by atoms with van der Waals surface area (Å²) in [7, 11) is 0. The molecule has 2 rings (SSSR count). The van der Waals surface area contributed by atoms with Gasteiger partial charge in [-0.2, -0.15) is 0 Å². The minimum atomic E-state index is -0.434. The van der Waals surface area contributed by atoms with Crippen LogP contribution in [0.25, 0.3) is 0 Å². The second-order valence-electron chi connectivity index (χ2n) is 5.38. The molecule has 0 unspecified atom stereocenters. The van der Waals surface area contributed by atoms with Crippen LogP contribution in [-0.4, -0.2) is 18.0 Å². The Morgan fingerprint density at radius 3 is 2.26 bits per heavy atom. The fourth-order valence-corrected chi connectivity index (χ4v) is 2.08. The molecule has 0 N–H and O–H groups in total. The van der Waals surface area contributed by atoms with Crippen molar-refractivity contribution in [2.75, 3.05) is 0 Å². The van der Waals surface area contributed by atoms with E-state index < -0.39 is 5.97 Å². The average molecular weight is 316 g/mol. The number of carbonyl (C=O) groups is 2. The maximum Gasteiger partial charge on any atom is 0.335 e. The molecule has 0 spiro atoms. The Balaban J connectivity index is 0.000000231. The Morgan fingerprint density at radius 2 is 1.74 bits per heavy atom. The Hall–Kier alpha value is -2.36. The molecule has 1 aliphatic rings. The molecule has 0 aliphatic heterocycles. The van der Waals surface area contributed by atoms with E-state index in [1.54, 1.807) is 31.2 Å². The number of hydrogen-bond donors (Lipinski definition) is 0. The zero-order chi connectivity index (χ0) is 17.1. The predicted octanol–water partition coefficient (Wildman–Crippen LogP) is 4.22. The summed E-state index contributed by atoms with van der Waals surface area (Å²) in [6, 6.07) is 8.87. The molecular formula is C19H24O4. The zero-order valence-electron chi connectivity index (χ0n) is 13.6. The van der Waals surface area contributed by atoms with Crippen molar-refractivity contribution in [2.45, 2.75) is 45.1 Å². The average Bonchev–Trinajstić information content (AvgIpc) is 2.57. The number of ether oxygens (including phenoxy) is 2. The molecule has 4 nitrogen and oxygen atoms in total. The SMILES string of the molecule is C=C(C)C(=O)OC1CCCCC1.C=CC(=O)Oc1ccccc1. The van der Waals surface area contributed by atoms with Crippen molar-refractivity contribution >= 4 is 11.9 Å². The largest absolute Gasteiger partial charge is 0.459 e. The summed E-state index contributed by atoms with van der Waals surface area (Å²) in [5, 5.41) is 0. The molecule has 23 heavy (non-hydrogen) atoms. The van der Waals surface area contributed by atoms with Crippen LogP contribution in [0, 0.1) is 0 Å². The van der Waals surface area contributed by atoms with Gasteiger partial charge in [-0.15, -0.1) is 0 Å². The summed E-state index contributed by atoms with van der Waals surface area (Å²) in [6.45, 7) is 8.51. The van der Waals surface area contributed by atoms with E-state index in [9.17, 15) is 9.59 Å². The van der Waals surface area contributed by atoms with E-state index in [4.69, 9.17) is 9.47 Å². The van der Waals surface area contributed by atoms with E-state index in [2.05, 4.69) is 13.2 Å². The standard InChI is InChI=1S/C10H16O2.C9H8O2/c1-8(2)10(11)12-9-6-4-3-5-7-9;1-2-9(10)11-8-6-4-3-5-7-8/h9H,1,3-7H2,2H3;2-7H,1H2. The number of benzene rings is 1. The van der Waals surface area contributed by atoms with Crippen LogP contribution in [0.3, 0.4) is 0 Å². The van der Waals surface area contributed by atoms with Crippen LogP contribution in [0.15, 0.2) is 55.1 Å². The Kier molecular flexibility index (Phi) is 8.43. The molecule has 1 aromatic carbocycles. The second kappa shape index (κ2) is 10.4. The fourth-order valence-electron chi connectivity index (χ4n) is 2.08. The van der Waals surface area contributed by atoms with Crippen molar-refractivity contribution < 1.29 is 19.1 Å². The van der Waals surface area contributed by atoms with Crippen LogP contribution >= 0.6 is 0 Å². The molecule has 0 aromatic heterocycles. The lowest BCUT2D eigenvalue weighted by atomic mass is 9.98. The molecule has 0 bridgehead atoms. The molecule has 1 saturated carbocycles. The van der Waals surface area contributed by atoms with Crippen LogP contribution in [0.5, 0.6) is 5.75 Å². The lowest BCUT2D eigenvalue weighted by molar-refractivity contribution is -0.145. The third-order valence-corrected chi connectivity index (χ3v) is 3.30. The van der Waals surface area contributed by atoms with Gasteiger partial charge in [0.15, 0.2) is 0 Å². The molecule has 124 valence electrons. The first-order valence-electron chi connectivity index (χ1n) is 7.78. The minimum Gasteiger partial charge on any atom is -0.459 e. The maximum absolute atomic E-state index is 11.1. The van der Waals surface area contributed by atoms with Crippen molar-refractivity contribution in [3.05, 3.63) is 55.1 Å². The summed E-state index contributed by atoms with van der Waals surface area (Å²) in [4.78, 5) is 21.7. The molecule has 1 aromatic rings. The molecular weight excluding hydrogens is 292 g/mol. The van der Waals surface area contributed by atoms with Gasteiger partial charge in [0.2, 0.25) is 0 Å². The summed E-state index contributed by atoms with van der Waals surface area (Å²) in [5.74, 6) is -0.129. The molecule has 4 heteroatoms. The van der Waals surface area contributed by atoms with Crippen LogP contribution in [0.2, 0.25) is 0 Å². The fraction of sp³-hybridized carbons (Fsp3) is 0.368. The maximum atomic E-state index is 11.1. The van der Waals surface area contributed by atoms with Crippen molar-refractivity contribution in [2.24, 2.45) is 0 Å². The van der Waals surface area contributed by atoms with Crippen molar-refractivity contribution in [1.29, 1.82) is 0 Å². The van der Waals surface area contributed by atoms with Gasteiger partial charge >= 0.3 is 11.9 Å². The van der Waals surface area contributed by atoms with Crippen LogP contribution in [0.4, 0.5) is 0 Å². The van der Waals surface area contributed by atoms with Crippen LogP contribution in [-0.2, 0) is 14.3 Å². The molecule has 0 amide bonds. The molecule has 0 heterocycles. The van der Waals surface area contributed by atoms with Crippen LogP contribution in [0.1, 0.15) is 39.0 Å². The van der Waals surface area contributed by atoms with Crippen molar-refractivity contribution in [3.63, 3.8) is 0 Å². The summed E-state index contributed by atoms with van der Waals surface area (Å²) < 4.78 is 10.0. The molecule has 1 fully saturated rings. The van der Waals surface area contributed by atoms with E-state index in [0.29, 0.717) is 11.3 Å². The number of esters is 2. The van der Waals surface area contributed by atoms with E-state index in [-0.39, 0.29) is 12.1 Å². The lowest BCUT2D eigenvalue weighted by Gasteiger charge is -2.21. The summed E-state index contributed by atoms with van der Waals surface area (Å²) in [6.07, 6.45) is 7.00. The van der Waals surface area contributed by atoms with Gasteiger partial charge in [-0.25, -0.2) is 9.59 Å². The van der Waals surface area contributed by atoms with Gasteiger partial charge in [0.1, 0.15) is 11.9 Å². The second-order valence-corrected chi connectivity index (χ2v) is 5.38. The highest BCUT2D eigenvalue weighted by Crippen LogP contribution is 2.20. The first kappa shape index (κ1) is 18.7. The summed E-state index contributed by atoms with van der Waals surface area (Å²) >= 11 is 0. The van der Waals surface area contributed by atoms with Gasteiger partial charge in [0.25, 0.3) is 0 Å². The topological polar surface area (TPSA) is 52.6 Å². The van der Waals surface area contributed by atoms with E-state index in [0.717, 1.165) is 18.9 Å². The van der Waals surface area contributed by atoms with Gasteiger partial charge in [-0.05, 0) is 44.7 Å². The van der Waals surface area contributed by atoms with Crippen LogP contribution < -0.4 is 4.74 Å². The number of para-hydroxylation sites is 1. The number of carbonyl (C=O) groups excluding carboxylic acids is 2. The Labute approximate surface area is 137 Å². The number of rotatable bonds is 4. The lowest BCUT2D eigenvalue weighted by Crippen LogP contribution is -2.20. The highest BCUT2D eigenvalue weighted by molar-refractivity contribution is 5.87. The smallest absolute Gasteiger partial charge is 0.335 e. The highest BCUT2D eigenvalue weighted by Gasteiger charge is 2.17. The van der Waals surface area contributed by atoms with Crippen molar-refractivity contribution in [1.82, 2.24) is 0 Å². The Bertz CT molecular complexity index is 528. The van der Waals surface area contributed by atoms with Crippen molar-refractivity contribution in [3.8, 4) is 5.75 Å². The first-order valence-corrected chi connectivity index (χ1v) is 7.78. The molecule has 1 aliphatic carbocycles. The normalized spacial score (nSPS) is 14.0. The number of hydrogen-bond acceptors (Lipinski definition) is 4. The van der Waals surface area contributed by atoms with Gasteiger partial charge in [0, 0.05) is 11.6 Å². The quantitative estimate of drug-likeness (QED) is 0.474. The first-order chi connectivity index (χ1) is 11.0. The third kappa shape index (κ3) is 8.00. The van der Waals surface area contributed by atoms with E-state index >= 15 is 0 Å². The van der Waals surface area contributed by atoms with E-state index in [1.807, 2.05) is 6.07 Å². The van der Waals surface area contributed by atoms with Gasteiger partial charge in [-0.3, -0.25) is 0 Å². The van der Waals surface area contributed by atoms with Gasteiger partial charge < -0.3 is 9.47 Å².